The van der Waals surface area contributed by atoms with Gasteiger partial charge in [0.15, 0.2) is 0 Å². The highest BCUT2D eigenvalue weighted by molar-refractivity contribution is 5.86. The highest BCUT2D eigenvalue weighted by Crippen LogP contribution is 2.43. The first-order valence-electron chi connectivity index (χ1n) is 8.40. The Balaban J connectivity index is 1.87. The minimum atomic E-state index is 0.886. The maximum atomic E-state index is 2.41. The molecular weight excluding hydrogens is 292 g/mol. The number of rotatable bonds is 2. The summed E-state index contributed by atoms with van der Waals surface area (Å²) in [5.41, 5.74) is 9.16. The molecule has 24 heavy (non-hydrogen) atoms. The molecule has 120 valence electrons. The minimum Gasteiger partial charge on any atom is -0.355 e. The summed E-state index contributed by atoms with van der Waals surface area (Å²) >= 11 is 0. The molecule has 1 aliphatic heterocycles. The maximum Gasteiger partial charge on any atom is 0.0950 e. The van der Waals surface area contributed by atoms with Crippen LogP contribution in [0.1, 0.15) is 11.1 Å². The van der Waals surface area contributed by atoms with Gasteiger partial charge in [0, 0.05) is 12.7 Å². The number of benzene rings is 3. The molecular formula is C22H22N2. The number of hydrogen-bond acceptors (Lipinski definition) is 2. The van der Waals surface area contributed by atoms with E-state index in [1.165, 1.54) is 39.3 Å². The van der Waals surface area contributed by atoms with Gasteiger partial charge >= 0.3 is 0 Å². The van der Waals surface area contributed by atoms with Crippen LogP contribution in [-0.4, -0.2) is 13.7 Å². The average molecular weight is 314 g/mol. The van der Waals surface area contributed by atoms with Crippen molar-refractivity contribution in [1.29, 1.82) is 0 Å². The van der Waals surface area contributed by atoms with Crippen LogP contribution in [0.3, 0.4) is 0 Å². The van der Waals surface area contributed by atoms with Crippen LogP contribution in [0.2, 0.25) is 0 Å². The first-order valence-corrected chi connectivity index (χ1v) is 8.40. The highest BCUT2D eigenvalue weighted by atomic mass is 15.4. The van der Waals surface area contributed by atoms with E-state index >= 15 is 0 Å². The highest BCUT2D eigenvalue weighted by Gasteiger charge is 2.25. The molecule has 0 atom stereocenters. The van der Waals surface area contributed by atoms with E-state index in [9.17, 15) is 0 Å². The second-order valence-corrected chi connectivity index (χ2v) is 6.52. The van der Waals surface area contributed by atoms with Gasteiger partial charge in [-0.25, -0.2) is 0 Å². The van der Waals surface area contributed by atoms with Gasteiger partial charge in [-0.15, -0.1) is 0 Å². The second kappa shape index (κ2) is 5.72. The number of anilines is 3. The van der Waals surface area contributed by atoms with Crippen LogP contribution in [0.4, 0.5) is 17.1 Å². The summed E-state index contributed by atoms with van der Waals surface area (Å²) in [5.74, 6) is 0. The van der Waals surface area contributed by atoms with Crippen molar-refractivity contribution >= 4 is 17.1 Å². The van der Waals surface area contributed by atoms with Crippen molar-refractivity contribution in [2.75, 3.05) is 23.5 Å². The Bertz CT molecular complexity index is 884. The van der Waals surface area contributed by atoms with Gasteiger partial charge in [0.1, 0.15) is 0 Å². The average Bonchev–Trinajstić information content (AvgIpc) is 2.93. The Morgan fingerprint density at radius 1 is 0.708 bits per heavy atom. The topological polar surface area (TPSA) is 6.48 Å². The lowest BCUT2D eigenvalue weighted by atomic mass is 9.94. The molecule has 0 unspecified atom stereocenters. The van der Waals surface area contributed by atoms with Gasteiger partial charge in [0.2, 0.25) is 0 Å². The predicted molar refractivity (Wildman–Crippen MR) is 103 cm³/mol. The van der Waals surface area contributed by atoms with Crippen LogP contribution >= 0.6 is 0 Å². The lowest BCUT2D eigenvalue weighted by Crippen LogP contribution is -2.24. The number of para-hydroxylation sites is 2. The van der Waals surface area contributed by atoms with Gasteiger partial charge in [-0.05, 0) is 54.3 Å². The van der Waals surface area contributed by atoms with Gasteiger partial charge < -0.3 is 9.80 Å². The summed E-state index contributed by atoms with van der Waals surface area (Å²) in [5, 5.41) is 0. The molecule has 0 N–H and O–H groups in total. The molecule has 2 heteroatoms. The first-order chi connectivity index (χ1) is 11.7. The van der Waals surface area contributed by atoms with Crippen LogP contribution in [0.25, 0.3) is 11.1 Å². The summed E-state index contributed by atoms with van der Waals surface area (Å²) in [4.78, 5) is 4.72. The molecule has 3 aromatic rings. The maximum absolute atomic E-state index is 2.41. The molecule has 0 bridgehead atoms. The van der Waals surface area contributed by atoms with Gasteiger partial charge in [0.25, 0.3) is 0 Å². The number of nitrogens with zero attached hydrogens (tertiary/aromatic N) is 2. The van der Waals surface area contributed by atoms with Gasteiger partial charge in [0.05, 0.1) is 18.0 Å². The first kappa shape index (κ1) is 14.8. The molecule has 0 amide bonds. The third-order valence-corrected chi connectivity index (χ3v) is 4.94. The summed E-state index contributed by atoms with van der Waals surface area (Å²) < 4.78 is 0. The van der Waals surface area contributed by atoms with Gasteiger partial charge in [-0.2, -0.15) is 0 Å². The summed E-state index contributed by atoms with van der Waals surface area (Å²) in [6.45, 7) is 5.33. The van der Waals surface area contributed by atoms with E-state index in [2.05, 4.69) is 97.4 Å². The molecule has 0 saturated carbocycles. The molecule has 1 heterocycles. The van der Waals surface area contributed by atoms with E-state index < -0.39 is 0 Å². The lowest BCUT2D eigenvalue weighted by Gasteiger charge is -2.24. The van der Waals surface area contributed by atoms with Crippen molar-refractivity contribution in [3.8, 4) is 11.1 Å². The molecule has 4 rings (SSSR count). The van der Waals surface area contributed by atoms with Crippen molar-refractivity contribution in [1.82, 2.24) is 0 Å². The predicted octanol–water partition coefficient (Wildman–Crippen LogP) is 5.52. The molecule has 0 radical (unpaired) electrons. The summed E-state index contributed by atoms with van der Waals surface area (Å²) in [6, 6.07) is 23.8. The van der Waals surface area contributed by atoms with E-state index in [0.717, 1.165) is 6.67 Å². The van der Waals surface area contributed by atoms with Crippen molar-refractivity contribution < 1.29 is 0 Å². The van der Waals surface area contributed by atoms with Crippen molar-refractivity contribution in [3.63, 3.8) is 0 Å². The molecule has 2 nitrogen and oxygen atoms in total. The Labute approximate surface area is 144 Å². The molecule has 0 aliphatic carbocycles. The van der Waals surface area contributed by atoms with Crippen molar-refractivity contribution in [3.05, 3.63) is 77.9 Å². The Morgan fingerprint density at radius 3 is 2.12 bits per heavy atom. The van der Waals surface area contributed by atoms with E-state index in [1.807, 2.05) is 0 Å². The Kier molecular flexibility index (Phi) is 3.53. The van der Waals surface area contributed by atoms with Crippen molar-refractivity contribution in [2.45, 2.75) is 13.8 Å². The smallest absolute Gasteiger partial charge is 0.0950 e. The zero-order chi connectivity index (χ0) is 16.7. The molecule has 3 aromatic carbocycles. The van der Waals surface area contributed by atoms with Crippen LogP contribution in [0, 0.1) is 13.8 Å². The van der Waals surface area contributed by atoms with Gasteiger partial charge in [-0.1, -0.05) is 48.5 Å². The number of hydrogen-bond donors (Lipinski definition) is 0. The monoisotopic (exact) mass is 314 g/mol. The van der Waals surface area contributed by atoms with Crippen molar-refractivity contribution in [2.24, 2.45) is 0 Å². The standard InChI is InChI=1S/C22H22N2/c1-16-13-14-19(17(2)22(16)18-9-5-4-6-10-18)24-15-23(3)20-11-7-8-12-21(20)24/h4-14H,15H2,1-3H3. The molecule has 0 saturated heterocycles. The minimum absolute atomic E-state index is 0.886. The lowest BCUT2D eigenvalue weighted by molar-refractivity contribution is 0.946. The second-order valence-electron chi connectivity index (χ2n) is 6.52. The fourth-order valence-electron chi connectivity index (χ4n) is 3.76. The molecule has 1 aliphatic rings. The summed E-state index contributed by atoms with van der Waals surface area (Å²) in [6.07, 6.45) is 0. The Hall–Kier alpha value is -2.74. The SMILES string of the molecule is Cc1ccc(N2CN(C)c3ccccc32)c(C)c1-c1ccccc1. The Morgan fingerprint density at radius 2 is 1.38 bits per heavy atom. The molecule has 0 fully saturated rings. The third kappa shape index (κ3) is 2.26. The quantitative estimate of drug-likeness (QED) is 0.615. The zero-order valence-electron chi connectivity index (χ0n) is 14.5. The number of aryl methyl sites for hydroxylation is 1. The molecule has 0 aromatic heterocycles. The fourth-order valence-corrected chi connectivity index (χ4v) is 3.76. The zero-order valence-corrected chi connectivity index (χ0v) is 14.5. The number of fused-ring (bicyclic) bond motifs is 1. The van der Waals surface area contributed by atoms with E-state index in [0.29, 0.717) is 0 Å². The van der Waals surface area contributed by atoms with E-state index in [-0.39, 0.29) is 0 Å². The van der Waals surface area contributed by atoms with Crippen LogP contribution < -0.4 is 9.80 Å². The summed E-state index contributed by atoms with van der Waals surface area (Å²) in [7, 11) is 2.15. The molecule has 0 spiro atoms. The van der Waals surface area contributed by atoms with Crippen LogP contribution in [0.15, 0.2) is 66.7 Å². The van der Waals surface area contributed by atoms with Crippen LogP contribution in [-0.2, 0) is 0 Å². The largest absolute Gasteiger partial charge is 0.355 e. The van der Waals surface area contributed by atoms with E-state index in [4.69, 9.17) is 0 Å². The normalized spacial score (nSPS) is 13.3. The fraction of sp³-hybridized carbons (Fsp3) is 0.182. The van der Waals surface area contributed by atoms with Gasteiger partial charge in [-0.3, -0.25) is 0 Å². The third-order valence-electron chi connectivity index (χ3n) is 4.94. The van der Waals surface area contributed by atoms with E-state index in [1.54, 1.807) is 0 Å². The van der Waals surface area contributed by atoms with Crippen LogP contribution in [0.5, 0.6) is 0 Å².